The van der Waals surface area contributed by atoms with Crippen molar-refractivity contribution in [2.45, 2.75) is 23.9 Å². The highest BCUT2D eigenvalue weighted by atomic mass is 32.2. The molecule has 0 radical (unpaired) electrons. The summed E-state index contributed by atoms with van der Waals surface area (Å²) in [6.07, 6.45) is -1.79. The van der Waals surface area contributed by atoms with Gasteiger partial charge in [0.1, 0.15) is 5.75 Å². The van der Waals surface area contributed by atoms with E-state index in [9.17, 15) is 18.3 Å². The molecule has 0 spiro atoms. The number of hydrogen-bond acceptors (Lipinski definition) is 5. The summed E-state index contributed by atoms with van der Waals surface area (Å²) < 4.78 is 40.3. The monoisotopic (exact) mass is 371 g/mol. The Labute approximate surface area is 148 Å². The molecule has 8 heteroatoms. The fourth-order valence-corrected chi connectivity index (χ4v) is 2.75. The maximum absolute atomic E-state index is 12.5. The Bertz CT molecular complexity index is 666. The molecule has 2 aromatic carbocycles. The van der Waals surface area contributed by atoms with Crippen molar-refractivity contribution in [1.82, 2.24) is 5.32 Å². The van der Waals surface area contributed by atoms with Gasteiger partial charge in [-0.3, -0.25) is 0 Å². The van der Waals surface area contributed by atoms with Gasteiger partial charge in [0, 0.05) is 22.3 Å². The van der Waals surface area contributed by atoms with E-state index in [1.807, 2.05) is 0 Å². The third-order valence-electron chi connectivity index (χ3n) is 3.43. The van der Waals surface area contributed by atoms with Crippen molar-refractivity contribution < 1.29 is 18.3 Å². The lowest BCUT2D eigenvalue weighted by molar-refractivity contribution is -0.138. The first kappa shape index (κ1) is 19.3. The molecular weight excluding hydrogens is 351 g/mol. The van der Waals surface area contributed by atoms with E-state index in [-0.39, 0.29) is 0 Å². The molecule has 1 aliphatic heterocycles. The highest BCUT2D eigenvalue weighted by Crippen LogP contribution is 2.37. The molecule has 1 heterocycles. The molecule has 0 atom stereocenters. The van der Waals surface area contributed by atoms with Crippen LogP contribution < -0.4 is 15.8 Å². The van der Waals surface area contributed by atoms with Crippen LogP contribution in [-0.2, 0) is 6.18 Å². The summed E-state index contributed by atoms with van der Waals surface area (Å²) in [5.74, 6) is -0.805. The van der Waals surface area contributed by atoms with E-state index >= 15 is 0 Å². The molecule has 1 fully saturated rings. The standard InChI is InChI=1S/C13H11F3N2OS.C4H9N/c14-13(15,16)11-6-3-9(7-12(11)19)18-20-10-4-1-8(17)2-5-10;1-2-4-5-3-1/h1-7,18-19H,17H2;5H,1-4H2. The van der Waals surface area contributed by atoms with Gasteiger partial charge in [0.25, 0.3) is 0 Å². The van der Waals surface area contributed by atoms with Gasteiger partial charge in [-0.25, -0.2) is 0 Å². The molecule has 0 unspecified atom stereocenters. The Balaban J connectivity index is 0.000000386. The van der Waals surface area contributed by atoms with Gasteiger partial charge < -0.3 is 20.9 Å². The first-order chi connectivity index (χ1) is 11.9. The van der Waals surface area contributed by atoms with Crippen LogP contribution in [0.3, 0.4) is 0 Å². The summed E-state index contributed by atoms with van der Waals surface area (Å²) in [7, 11) is 0. The summed E-state index contributed by atoms with van der Waals surface area (Å²) in [5.41, 5.74) is 5.49. The van der Waals surface area contributed by atoms with Crippen molar-refractivity contribution in [3.05, 3.63) is 48.0 Å². The van der Waals surface area contributed by atoms with Gasteiger partial charge in [-0.2, -0.15) is 13.2 Å². The van der Waals surface area contributed by atoms with Crippen molar-refractivity contribution in [3.8, 4) is 5.75 Å². The van der Waals surface area contributed by atoms with Crippen LogP contribution in [0.4, 0.5) is 24.5 Å². The SMILES string of the molecule is C1CCNC1.Nc1ccc(SNc2ccc(C(F)(F)F)c(O)c2)cc1. The predicted octanol–water partition coefficient (Wildman–Crippen LogP) is 4.48. The minimum absolute atomic E-state index is 0.373. The molecule has 4 nitrogen and oxygen atoms in total. The van der Waals surface area contributed by atoms with E-state index in [4.69, 9.17) is 5.73 Å². The quantitative estimate of drug-likeness (QED) is 0.473. The smallest absolute Gasteiger partial charge is 0.419 e. The Kier molecular flexibility index (Phi) is 6.83. The first-order valence-corrected chi connectivity index (χ1v) is 8.57. The topological polar surface area (TPSA) is 70.3 Å². The molecule has 2 aromatic rings. The van der Waals surface area contributed by atoms with Crippen LogP contribution >= 0.6 is 11.9 Å². The Morgan fingerprint density at radius 2 is 1.68 bits per heavy atom. The molecule has 0 amide bonds. The van der Waals surface area contributed by atoms with Gasteiger partial charge in [-0.15, -0.1) is 0 Å². The van der Waals surface area contributed by atoms with Crippen LogP contribution in [0.25, 0.3) is 0 Å². The van der Waals surface area contributed by atoms with Crippen LogP contribution in [0.1, 0.15) is 18.4 Å². The number of phenolic OH excluding ortho intramolecular Hbond substituents is 1. The van der Waals surface area contributed by atoms with Gasteiger partial charge in [0.2, 0.25) is 0 Å². The fourth-order valence-electron chi connectivity index (χ4n) is 2.11. The molecule has 0 bridgehead atoms. The predicted molar refractivity (Wildman–Crippen MR) is 95.5 cm³/mol. The summed E-state index contributed by atoms with van der Waals surface area (Å²) in [6, 6.07) is 10.1. The summed E-state index contributed by atoms with van der Waals surface area (Å²) in [5, 5.41) is 12.6. The average molecular weight is 371 g/mol. The zero-order valence-corrected chi connectivity index (χ0v) is 14.3. The molecule has 0 aromatic heterocycles. The maximum Gasteiger partial charge on any atom is 0.419 e. The van der Waals surface area contributed by atoms with Crippen molar-refractivity contribution >= 4 is 23.3 Å². The van der Waals surface area contributed by atoms with E-state index < -0.39 is 17.5 Å². The van der Waals surface area contributed by atoms with Gasteiger partial charge >= 0.3 is 6.18 Å². The lowest BCUT2D eigenvalue weighted by Crippen LogP contribution is -2.05. The number of hydrogen-bond donors (Lipinski definition) is 4. The van der Waals surface area contributed by atoms with E-state index in [1.165, 1.54) is 43.9 Å². The van der Waals surface area contributed by atoms with Crippen molar-refractivity contribution in [2.24, 2.45) is 0 Å². The van der Waals surface area contributed by atoms with Gasteiger partial charge in [0.15, 0.2) is 0 Å². The Hall–Kier alpha value is -2.06. The van der Waals surface area contributed by atoms with Crippen LogP contribution in [0.5, 0.6) is 5.75 Å². The summed E-state index contributed by atoms with van der Waals surface area (Å²) in [4.78, 5) is 0.846. The molecule has 1 saturated heterocycles. The number of halogens is 3. The maximum atomic E-state index is 12.5. The Morgan fingerprint density at radius 3 is 2.16 bits per heavy atom. The van der Waals surface area contributed by atoms with Crippen molar-refractivity contribution in [1.29, 1.82) is 0 Å². The largest absolute Gasteiger partial charge is 0.507 e. The Morgan fingerprint density at radius 1 is 1.04 bits per heavy atom. The number of nitrogens with two attached hydrogens (primary N) is 1. The van der Waals surface area contributed by atoms with Gasteiger partial charge in [0.05, 0.1) is 5.56 Å². The highest BCUT2D eigenvalue weighted by Gasteiger charge is 2.33. The minimum Gasteiger partial charge on any atom is -0.507 e. The van der Waals surface area contributed by atoms with E-state index in [0.717, 1.165) is 17.0 Å². The number of anilines is 2. The van der Waals surface area contributed by atoms with Crippen LogP contribution in [0.15, 0.2) is 47.4 Å². The number of rotatable bonds is 3. The molecule has 0 aliphatic carbocycles. The van der Waals surface area contributed by atoms with Gasteiger partial charge in [-0.05, 0) is 74.3 Å². The number of nitrogen functional groups attached to an aromatic ring is 1. The fraction of sp³-hybridized carbons (Fsp3) is 0.294. The van der Waals surface area contributed by atoms with Gasteiger partial charge in [-0.1, -0.05) is 0 Å². The highest BCUT2D eigenvalue weighted by molar-refractivity contribution is 8.00. The molecular formula is C17H20F3N3OS. The lowest BCUT2D eigenvalue weighted by Gasteiger charge is -2.11. The average Bonchev–Trinajstić information content (AvgIpc) is 3.13. The molecule has 25 heavy (non-hydrogen) atoms. The second-order valence-corrected chi connectivity index (χ2v) is 6.34. The molecule has 0 saturated carbocycles. The molecule has 5 N–H and O–H groups in total. The zero-order chi connectivity index (χ0) is 18.3. The van der Waals surface area contributed by atoms with Crippen LogP contribution in [0.2, 0.25) is 0 Å². The number of benzene rings is 2. The number of aromatic hydroxyl groups is 1. The molecule has 136 valence electrons. The molecule has 3 rings (SSSR count). The molecule has 1 aliphatic rings. The third-order valence-corrected chi connectivity index (χ3v) is 4.27. The normalized spacial score (nSPS) is 13.9. The number of alkyl halides is 3. The number of phenols is 1. The number of nitrogens with one attached hydrogen (secondary N) is 2. The van der Waals surface area contributed by atoms with Crippen LogP contribution in [0, 0.1) is 0 Å². The van der Waals surface area contributed by atoms with E-state index in [2.05, 4.69) is 10.0 Å². The summed E-state index contributed by atoms with van der Waals surface area (Å²) >= 11 is 1.21. The van der Waals surface area contributed by atoms with E-state index in [0.29, 0.717) is 11.4 Å². The van der Waals surface area contributed by atoms with Crippen LogP contribution in [-0.4, -0.2) is 18.2 Å². The minimum atomic E-state index is -4.56. The second kappa shape index (κ2) is 8.87. The van der Waals surface area contributed by atoms with Crippen molar-refractivity contribution in [3.63, 3.8) is 0 Å². The van der Waals surface area contributed by atoms with Crippen molar-refractivity contribution in [2.75, 3.05) is 23.5 Å². The van der Waals surface area contributed by atoms with E-state index in [1.54, 1.807) is 24.3 Å². The first-order valence-electron chi connectivity index (χ1n) is 7.75. The third kappa shape index (κ3) is 6.39. The summed E-state index contributed by atoms with van der Waals surface area (Å²) in [6.45, 7) is 2.50. The zero-order valence-electron chi connectivity index (χ0n) is 13.4. The lowest BCUT2D eigenvalue weighted by atomic mass is 10.2. The second-order valence-electron chi connectivity index (χ2n) is 5.46.